The van der Waals surface area contributed by atoms with Gasteiger partial charge in [-0.25, -0.2) is 0 Å². The van der Waals surface area contributed by atoms with Crippen LogP contribution in [0.1, 0.15) is 51.9 Å². The summed E-state index contributed by atoms with van der Waals surface area (Å²) in [5.41, 5.74) is -0.445. The fourth-order valence-electron chi connectivity index (χ4n) is 4.06. The number of hydrogen-bond donors (Lipinski definition) is 1. The Morgan fingerprint density at radius 2 is 2.05 bits per heavy atom. The number of nitrogens with one attached hydrogen (secondary N) is 1. The average Bonchev–Trinajstić information content (AvgIpc) is 2.93. The molecule has 0 aromatic heterocycles. The molecule has 4 nitrogen and oxygen atoms in total. The monoisotopic (exact) mass is 282 g/mol. The zero-order chi connectivity index (χ0) is 14.6. The lowest BCUT2D eigenvalue weighted by molar-refractivity contribution is -0.148. The molecular formula is C16H30N2O2. The molecule has 0 aromatic carbocycles. The van der Waals surface area contributed by atoms with E-state index in [4.69, 9.17) is 4.74 Å². The van der Waals surface area contributed by atoms with Gasteiger partial charge in [0.05, 0.1) is 7.11 Å². The molecule has 2 unspecified atom stereocenters. The molecule has 4 heteroatoms. The molecule has 1 saturated heterocycles. The van der Waals surface area contributed by atoms with Crippen molar-refractivity contribution in [2.24, 2.45) is 5.92 Å². The Kier molecular flexibility index (Phi) is 5.44. The molecule has 0 amide bonds. The number of hydrogen-bond acceptors (Lipinski definition) is 4. The number of esters is 1. The maximum atomic E-state index is 12.0. The van der Waals surface area contributed by atoms with Crippen LogP contribution in [0.5, 0.6) is 0 Å². The van der Waals surface area contributed by atoms with Crippen LogP contribution in [0.15, 0.2) is 0 Å². The summed E-state index contributed by atoms with van der Waals surface area (Å²) in [7, 11) is 3.37. The van der Waals surface area contributed by atoms with Crippen LogP contribution in [0.3, 0.4) is 0 Å². The predicted molar refractivity (Wildman–Crippen MR) is 80.7 cm³/mol. The molecule has 0 radical (unpaired) electrons. The Hall–Kier alpha value is -0.610. The summed E-state index contributed by atoms with van der Waals surface area (Å²) < 4.78 is 4.99. The Morgan fingerprint density at radius 3 is 2.60 bits per heavy atom. The van der Waals surface area contributed by atoms with Gasteiger partial charge in [0.1, 0.15) is 5.54 Å². The van der Waals surface area contributed by atoms with Crippen LogP contribution in [0.25, 0.3) is 0 Å². The van der Waals surface area contributed by atoms with Gasteiger partial charge in [0.15, 0.2) is 0 Å². The van der Waals surface area contributed by atoms with Gasteiger partial charge in [0, 0.05) is 6.04 Å². The van der Waals surface area contributed by atoms with Gasteiger partial charge in [-0.3, -0.25) is 4.79 Å². The van der Waals surface area contributed by atoms with Crippen LogP contribution >= 0.6 is 0 Å². The van der Waals surface area contributed by atoms with Crippen molar-refractivity contribution in [2.75, 3.05) is 27.2 Å². The second kappa shape index (κ2) is 6.90. The van der Waals surface area contributed by atoms with E-state index >= 15 is 0 Å². The number of carbonyl (C=O) groups is 1. The topological polar surface area (TPSA) is 41.6 Å². The second-order valence-corrected chi connectivity index (χ2v) is 6.49. The summed E-state index contributed by atoms with van der Waals surface area (Å²) in [4.78, 5) is 14.6. The quantitative estimate of drug-likeness (QED) is 0.785. The normalized spacial score (nSPS) is 32.5. The van der Waals surface area contributed by atoms with E-state index in [9.17, 15) is 4.79 Å². The van der Waals surface area contributed by atoms with E-state index in [-0.39, 0.29) is 5.97 Å². The third-order valence-electron chi connectivity index (χ3n) is 5.41. The molecule has 1 aliphatic carbocycles. The molecule has 20 heavy (non-hydrogen) atoms. The lowest BCUT2D eigenvalue weighted by Gasteiger charge is -2.36. The molecule has 0 spiro atoms. The molecule has 116 valence electrons. The summed E-state index contributed by atoms with van der Waals surface area (Å²) in [6.45, 7) is 4.69. The summed E-state index contributed by atoms with van der Waals surface area (Å²) in [5.74, 6) is 0.829. The summed E-state index contributed by atoms with van der Waals surface area (Å²) in [6, 6.07) is 0.545. The summed E-state index contributed by atoms with van der Waals surface area (Å²) in [5, 5.41) is 3.23. The molecule has 2 atom stereocenters. The minimum atomic E-state index is -0.445. The molecule has 2 rings (SSSR count). The fourth-order valence-corrected chi connectivity index (χ4v) is 4.06. The first-order valence-corrected chi connectivity index (χ1v) is 8.16. The number of ether oxygens (including phenoxy) is 1. The molecule has 0 bridgehead atoms. The zero-order valence-corrected chi connectivity index (χ0v) is 13.3. The first-order chi connectivity index (χ1) is 9.65. The smallest absolute Gasteiger partial charge is 0.326 e. The van der Waals surface area contributed by atoms with Crippen LogP contribution in [0.4, 0.5) is 0 Å². The van der Waals surface area contributed by atoms with Gasteiger partial charge >= 0.3 is 5.97 Å². The van der Waals surface area contributed by atoms with E-state index < -0.39 is 5.54 Å². The van der Waals surface area contributed by atoms with Crippen molar-refractivity contribution in [1.82, 2.24) is 10.2 Å². The highest BCUT2D eigenvalue weighted by atomic mass is 16.5. The van der Waals surface area contributed by atoms with Crippen LogP contribution in [-0.2, 0) is 9.53 Å². The highest BCUT2D eigenvalue weighted by Crippen LogP contribution is 2.36. The molecule has 0 aromatic rings. The van der Waals surface area contributed by atoms with Crippen LogP contribution in [0, 0.1) is 5.92 Å². The van der Waals surface area contributed by atoms with Crippen molar-refractivity contribution in [3.05, 3.63) is 0 Å². The highest BCUT2D eigenvalue weighted by molar-refractivity contribution is 5.81. The molecular weight excluding hydrogens is 252 g/mol. The van der Waals surface area contributed by atoms with Gasteiger partial charge in [-0.05, 0) is 58.2 Å². The van der Waals surface area contributed by atoms with E-state index in [2.05, 4.69) is 17.1 Å². The minimum Gasteiger partial charge on any atom is -0.468 e. The lowest BCUT2D eigenvalue weighted by atomic mass is 9.91. The molecule has 2 fully saturated rings. The standard InChI is InChI=1S/C16H30N2O2/c1-4-5-13-7-10-18(11-8-13)14-6-9-16(12-14,17-2)15(19)20-3/h13-14,17H,4-12H2,1-3H3. The van der Waals surface area contributed by atoms with Crippen molar-refractivity contribution < 1.29 is 9.53 Å². The number of likely N-dealkylation sites (N-methyl/N-ethyl adjacent to an activating group) is 1. The molecule has 1 aliphatic heterocycles. The number of piperidine rings is 1. The SMILES string of the molecule is CCCC1CCN(C2CCC(NC)(C(=O)OC)C2)CC1. The van der Waals surface area contributed by atoms with Crippen molar-refractivity contribution in [3.8, 4) is 0 Å². The van der Waals surface area contributed by atoms with E-state index in [1.54, 1.807) is 0 Å². The van der Waals surface area contributed by atoms with Gasteiger partial charge < -0.3 is 15.0 Å². The Morgan fingerprint density at radius 1 is 1.35 bits per heavy atom. The molecule has 2 aliphatic rings. The van der Waals surface area contributed by atoms with Crippen LogP contribution in [0.2, 0.25) is 0 Å². The third-order valence-corrected chi connectivity index (χ3v) is 5.41. The van der Waals surface area contributed by atoms with Gasteiger partial charge in [0.2, 0.25) is 0 Å². The summed E-state index contributed by atoms with van der Waals surface area (Å²) in [6.07, 6.45) is 8.24. The van der Waals surface area contributed by atoms with Crippen molar-refractivity contribution in [2.45, 2.75) is 63.5 Å². The fraction of sp³-hybridized carbons (Fsp3) is 0.938. The third kappa shape index (κ3) is 3.17. The number of methoxy groups -OCH3 is 1. The summed E-state index contributed by atoms with van der Waals surface area (Å²) >= 11 is 0. The van der Waals surface area contributed by atoms with Crippen molar-refractivity contribution >= 4 is 5.97 Å². The van der Waals surface area contributed by atoms with E-state index in [0.29, 0.717) is 6.04 Å². The predicted octanol–water partition coefficient (Wildman–Crippen LogP) is 2.18. The van der Waals surface area contributed by atoms with Gasteiger partial charge in [-0.1, -0.05) is 19.8 Å². The Labute approximate surface area is 123 Å². The van der Waals surface area contributed by atoms with Crippen molar-refractivity contribution in [3.63, 3.8) is 0 Å². The average molecular weight is 282 g/mol. The number of likely N-dealkylation sites (tertiary alicyclic amines) is 1. The highest BCUT2D eigenvalue weighted by Gasteiger charge is 2.46. The van der Waals surface area contributed by atoms with Crippen LogP contribution in [-0.4, -0.2) is 49.7 Å². The largest absolute Gasteiger partial charge is 0.468 e. The molecule has 1 heterocycles. The lowest BCUT2D eigenvalue weighted by Crippen LogP contribution is -2.50. The van der Waals surface area contributed by atoms with E-state index in [0.717, 1.165) is 25.2 Å². The van der Waals surface area contributed by atoms with E-state index in [1.807, 2.05) is 7.05 Å². The van der Waals surface area contributed by atoms with Crippen LogP contribution < -0.4 is 5.32 Å². The first kappa shape index (κ1) is 15.8. The van der Waals surface area contributed by atoms with Crippen molar-refractivity contribution in [1.29, 1.82) is 0 Å². The number of rotatable bonds is 5. The number of nitrogens with zero attached hydrogens (tertiary/aromatic N) is 1. The Bertz CT molecular complexity index is 326. The molecule has 1 N–H and O–H groups in total. The maximum Gasteiger partial charge on any atom is 0.326 e. The Balaban J connectivity index is 1.88. The maximum absolute atomic E-state index is 12.0. The van der Waals surface area contributed by atoms with Gasteiger partial charge in [0.25, 0.3) is 0 Å². The first-order valence-electron chi connectivity index (χ1n) is 8.16. The number of carbonyl (C=O) groups excluding carboxylic acids is 1. The van der Waals surface area contributed by atoms with Gasteiger partial charge in [-0.2, -0.15) is 0 Å². The second-order valence-electron chi connectivity index (χ2n) is 6.49. The van der Waals surface area contributed by atoms with Gasteiger partial charge in [-0.15, -0.1) is 0 Å². The molecule has 1 saturated carbocycles. The minimum absolute atomic E-state index is 0.0941. The zero-order valence-electron chi connectivity index (χ0n) is 13.3. The van der Waals surface area contributed by atoms with E-state index in [1.165, 1.54) is 45.9 Å².